The van der Waals surface area contributed by atoms with Crippen LogP contribution in [0.4, 0.5) is 0 Å². The van der Waals surface area contributed by atoms with Gasteiger partial charge in [0.15, 0.2) is 11.5 Å². The summed E-state index contributed by atoms with van der Waals surface area (Å²) in [4.78, 5) is 12.1. The van der Waals surface area contributed by atoms with Crippen LogP contribution >= 0.6 is 0 Å². The number of carbonyl (C=O) groups is 1. The van der Waals surface area contributed by atoms with Gasteiger partial charge in [0, 0.05) is 30.0 Å². The van der Waals surface area contributed by atoms with Crippen molar-refractivity contribution in [3.05, 3.63) is 75.6 Å². The van der Waals surface area contributed by atoms with E-state index in [1.807, 2.05) is 38.1 Å². The average molecular weight is 467 g/mol. The van der Waals surface area contributed by atoms with Crippen molar-refractivity contribution < 1.29 is 24.1 Å². The molecule has 7 nitrogen and oxygen atoms in total. The summed E-state index contributed by atoms with van der Waals surface area (Å²) in [5.74, 6) is 0.897. The van der Waals surface area contributed by atoms with Crippen molar-refractivity contribution >= 4 is 5.97 Å². The van der Waals surface area contributed by atoms with Crippen LogP contribution < -0.4 is 19.5 Å². The van der Waals surface area contributed by atoms with E-state index in [2.05, 4.69) is 28.9 Å². The molecule has 3 aromatic rings. The van der Waals surface area contributed by atoms with E-state index in [1.165, 1.54) is 11.1 Å². The lowest BCUT2D eigenvalue weighted by molar-refractivity contribution is 0.0694. The predicted molar refractivity (Wildman–Crippen MR) is 133 cm³/mol. The number of hydrogen-bond donors (Lipinski definition) is 2. The van der Waals surface area contributed by atoms with Crippen LogP contribution in [0, 0.1) is 20.8 Å². The fourth-order valence-corrected chi connectivity index (χ4v) is 4.37. The summed E-state index contributed by atoms with van der Waals surface area (Å²) >= 11 is 0. The van der Waals surface area contributed by atoms with Crippen molar-refractivity contribution in [3.63, 3.8) is 0 Å². The fraction of sp³-hybridized carbons (Fsp3) is 0.370. The molecule has 0 atom stereocenters. The molecule has 0 aliphatic heterocycles. The number of ether oxygens (including phenoxy) is 3. The molecule has 1 aromatic heterocycles. The first-order chi connectivity index (χ1) is 16.3. The van der Waals surface area contributed by atoms with E-state index >= 15 is 0 Å². The van der Waals surface area contributed by atoms with Crippen molar-refractivity contribution in [1.29, 1.82) is 0 Å². The second-order valence-corrected chi connectivity index (χ2v) is 8.30. The van der Waals surface area contributed by atoms with Crippen LogP contribution in [-0.4, -0.2) is 43.5 Å². The molecular weight excluding hydrogens is 432 g/mol. The molecule has 0 bridgehead atoms. The Morgan fingerprint density at radius 3 is 2.18 bits per heavy atom. The predicted octanol–water partition coefficient (Wildman–Crippen LogP) is 4.52. The molecule has 1 heterocycles. The van der Waals surface area contributed by atoms with Gasteiger partial charge in [0.25, 0.3) is 0 Å². The molecule has 0 aliphatic carbocycles. The van der Waals surface area contributed by atoms with Gasteiger partial charge in [0.1, 0.15) is 0 Å². The van der Waals surface area contributed by atoms with Gasteiger partial charge in [0.2, 0.25) is 5.75 Å². The molecule has 0 spiro atoms. The van der Waals surface area contributed by atoms with Crippen LogP contribution in [0.3, 0.4) is 0 Å². The zero-order valence-electron chi connectivity index (χ0n) is 20.8. The first-order valence-corrected chi connectivity index (χ1v) is 11.3. The molecule has 2 N–H and O–H groups in total. The van der Waals surface area contributed by atoms with Crippen molar-refractivity contribution in [2.45, 2.75) is 40.3 Å². The highest BCUT2D eigenvalue weighted by Crippen LogP contribution is 2.38. The lowest BCUT2D eigenvalue weighted by atomic mass is 10.1. The Hall–Kier alpha value is -3.45. The lowest BCUT2D eigenvalue weighted by Crippen LogP contribution is -2.19. The standard InChI is InChI=1S/C27H34N2O5/c1-17-9-7-8-10-21(17)16-29-18(2)22(25(19(29)3)27(30)31)15-28-12-11-20-13-23(32-4)26(34-6)24(14-20)33-5/h7-10,13-14,28H,11-12,15-16H2,1-6H3,(H,30,31). The Bertz CT molecular complexity index is 1140. The van der Waals surface area contributed by atoms with Crippen molar-refractivity contribution in [2.24, 2.45) is 0 Å². The number of carboxylic acids is 1. The maximum atomic E-state index is 12.1. The molecule has 182 valence electrons. The van der Waals surface area contributed by atoms with Crippen LogP contribution in [0.15, 0.2) is 36.4 Å². The SMILES string of the molecule is COc1cc(CCNCc2c(C(=O)O)c(C)n(Cc3ccccc3C)c2C)cc(OC)c1OC. The summed E-state index contributed by atoms with van der Waals surface area (Å²) in [7, 11) is 4.77. The van der Waals surface area contributed by atoms with Gasteiger partial charge < -0.3 is 29.2 Å². The molecule has 0 amide bonds. The molecule has 0 aliphatic rings. The summed E-state index contributed by atoms with van der Waals surface area (Å²) in [6, 6.07) is 12.1. The Kier molecular flexibility index (Phi) is 8.23. The third-order valence-corrected chi connectivity index (χ3v) is 6.33. The normalized spacial score (nSPS) is 10.9. The number of aromatic carboxylic acids is 1. The minimum Gasteiger partial charge on any atom is -0.493 e. The van der Waals surface area contributed by atoms with Crippen molar-refractivity contribution in [2.75, 3.05) is 27.9 Å². The van der Waals surface area contributed by atoms with E-state index in [1.54, 1.807) is 21.3 Å². The second kappa shape index (κ2) is 11.1. The van der Waals surface area contributed by atoms with Crippen molar-refractivity contribution in [3.8, 4) is 17.2 Å². The van der Waals surface area contributed by atoms with Crippen LogP contribution in [0.1, 0.15) is 44.0 Å². The number of nitrogens with zero attached hydrogens (tertiary/aromatic N) is 1. The summed E-state index contributed by atoms with van der Waals surface area (Å²) in [5.41, 5.74) is 6.35. The van der Waals surface area contributed by atoms with Gasteiger partial charge in [0.05, 0.1) is 26.9 Å². The van der Waals surface area contributed by atoms with Crippen LogP contribution in [0.2, 0.25) is 0 Å². The van der Waals surface area contributed by atoms with Gasteiger partial charge in [-0.2, -0.15) is 0 Å². The topological polar surface area (TPSA) is 82.0 Å². The fourth-order valence-electron chi connectivity index (χ4n) is 4.37. The third-order valence-electron chi connectivity index (χ3n) is 6.33. The van der Waals surface area contributed by atoms with Crippen molar-refractivity contribution in [1.82, 2.24) is 9.88 Å². The minimum atomic E-state index is -0.898. The number of carboxylic acid groups (broad SMARTS) is 1. The van der Waals surface area contributed by atoms with E-state index in [0.717, 1.165) is 28.9 Å². The van der Waals surface area contributed by atoms with E-state index in [-0.39, 0.29) is 0 Å². The lowest BCUT2D eigenvalue weighted by Gasteiger charge is -2.14. The maximum Gasteiger partial charge on any atom is 0.337 e. The first kappa shape index (κ1) is 25.2. The number of benzene rings is 2. The van der Waals surface area contributed by atoms with E-state index in [9.17, 15) is 9.90 Å². The molecule has 0 saturated carbocycles. The highest BCUT2D eigenvalue weighted by atomic mass is 16.5. The number of methoxy groups -OCH3 is 3. The number of hydrogen-bond acceptors (Lipinski definition) is 5. The second-order valence-electron chi connectivity index (χ2n) is 8.30. The van der Waals surface area contributed by atoms with Gasteiger partial charge in [-0.05, 0) is 62.6 Å². The highest BCUT2D eigenvalue weighted by Gasteiger charge is 2.22. The van der Waals surface area contributed by atoms with E-state index in [4.69, 9.17) is 14.2 Å². The zero-order valence-corrected chi connectivity index (χ0v) is 20.8. The van der Waals surface area contributed by atoms with Gasteiger partial charge >= 0.3 is 5.97 Å². The summed E-state index contributed by atoms with van der Waals surface area (Å²) in [6.07, 6.45) is 0.723. The zero-order chi connectivity index (χ0) is 24.8. The summed E-state index contributed by atoms with van der Waals surface area (Å²) in [6.45, 7) is 7.74. The third kappa shape index (κ3) is 5.20. The van der Waals surface area contributed by atoms with E-state index < -0.39 is 5.97 Å². The number of rotatable bonds is 11. The Balaban J connectivity index is 1.76. The van der Waals surface area contributed by atoms with Gasteiger partial charge in [-0.15, -0.1) is 0 Å². The van der Waals surface area contributed by atoms with E-state index in [0.29, 0.717) is 42.4 Å². The quantitative estimate of drug-likeness (QED) is 0.405. The first-order valence-electron chi connectivity index (χ1n) is 11.3. The molecule has 0 saturated heterocycles. The maximum absolute atomic E-state index is 12.1. The van der Waals surface area contributed by atoms with Gasteiger partial charge in [-0.3, -0.25) is 0 Å². The molecule has 3 rings (SSSR count). The van der Waals surface area contributed by atoms with Gasteiger partial charge in [-0.1, -0.05) is 24.3 Å². The summed E-state index contributed by atoms with van der Waals surface area (Å²) in [5, 5.41) is 13.3. The van der Waals surface area contributed by atoms with Crippen LogP contribution in [0.5, 0.6) is 17.2 Å². The van der Waals surface area contributed by atoms with Crippen LogP contribution in [0.25, 0.3) is 0 Å². The highest BCUT2D eigenvalue weighted by molar-refractivity contribution is 5.91. The molecule has 0 radical (unpaired) electrons. The number of nitrogens with one attached hydrogen (secondary N) is 1. The minimum absolute atomic E-state index is 0.381. The Morgan fingerprint density at radius 1 is 0.971 bits per heavy atom. The number of aromatic nitrogens is 1. The number of aryl methyl sites for hydroxylation is 1. The summed E-state index contributed by atoms with van der Waals surface area (Å²) < 4.78 is 18.3. The molecule has 34 heavy (non-hydrogen) atoms. The molecule has 2 aromatic carbocycles. The largest absolute Gasteiger partial charge is 0.493 e. The average Bonchev–Trinajstić information content (AvgIpc) is 3.06. The molecule has 0 fully saturated rings. The smallest absolute Gasteiger partial charge is 0.337 e. The van der Waals surface area contributed by atoms with Crippen LogP contribution in [-0.2, 0) is 19.5 Å². The van der Waals surface area contributed by atoms with Gasteiger partial charge in [-0.25, -0.2) is 4.79 Å². The Morgan fingerprint density at radius 2 is 1.62 bits per heavy atom. The monoisotopic (exact) mass is 466 g/mol. The molecule has 7 heteroatoms. The molecular formula is C27H34N2O5. The Labute approximate surface area is 201 Å². The molecule has 0 unspecified atom stereocenters.